The first-order valence-electron chi connectivity index (χ1n) is 11.7. The monoisotopic (exact) mass is 466 g/mol. The predicted octanol–water partition coefficient (Wildman–Crippen LogP) is 9.08. The van der Waals surface area contributed by atoms with Crippen LogP contribution in [0.2, 0.25) is 0 Å². The summed E-state index contributed by atoms with van der Waals surface area (Å²) in [6.07, 6.45) is 0. The molecule has 0 unspecified atom stereocenters. The second kappa shape index (κ2) is 7.11. The van der Waals surface area contributed by atoms with Gasteiger partial charge in [-0.25, -0.2) is 4.98 Å². The van der Waals surface area contributed by atoms with Gasteiger partial charge in [-0.2, -0.15) is 0 Å². The Kier molecular flexibility index (Phi) is 3.87. The highest BCUT2D eigenvalue weighted by Gasteiger charge is 2.31. The third-order valence-electron chi connectivity index (χ3n) is 6.84. The molecule has 3 nitrogen and oxygen atoms in total. The van der Waals surface area contributed by atoms with Crippen LogP contribution in [0, 0.1) is 0 Å². The second-order valence-electron chi connectivity index (χ2n) is 8.80. The van der Waals surface area contributed by atoms with Gasteiger partial charge in [0.1, 0.15) is 5.69 Å². The van der Waals surface area contributed by atoms with E-state index in [1.54, 1.807) is 0 Å². The van der Waals surface area contributed by atoms with Crippen molar-refractivity contribution in [2.24, 2.45) is 0 Å². The lowest BCUT2D eigenvalue weighted by molar-refractivity contribution is 0.590. The van der Waals surface area contributed by atoms with Crippen LogP contribution in [-0.2, 0) is 0 Å². The van der Waals surface area contributed by atoms with E-state index in [4.69, 9.17) is 9.40 Å². The molecular weight excluding hydrogens is 448 g/mol. The number of oxazole rings is 1. The van der Waals surface area contributed by atoms with Crippen LogP contribution in [0.25, 0.3) is 44.8 Å². The molecule has 6 aromatic rings. The number of para-hydroxylation sites is 2. The highest BCUT2D eigenvalue weighted by Crippen LogP contribution is 2.55. The topological polar surface area (TPSA) is 29.3 Å². The van der Waals surface area contributed by atoms with E-state index >= 15 is 0 Å². The number of rotatable bonds is 2. The zero-order valence-electron chi connectivity index (χ0n) is 18.6. The number of hydrogen-bond donors (Lipinski definition) is 0. The van der Waals surface area contributed by atoms with Gasteiger partial charge in [0.15, 0.2) is 5.76 Å². The molecule has 0 atom stereocenters. The van der Waals surface area contributed by atoms with Crippen molar-refractivity contribution in [1.82, 2.24) is 4.98 Å². The second-order valence-corrected chi connectivity index (χ2v) is 9.88. The van der Waals surface area contributed by atoms with Gasteiger partial charge in [-0.05, 0) is 48.5 Å². The maximum absolute atomic E-state index is 6.35. The minimum atomic E-state index is 0.665. The van der Waals surface area contributed by atoms with Gasteiger partial charge < -0.3 is 9.32 Å². The molecule has 35 heavy (non-hydrogen) atoms. The third-order valence-corrected chi connectivity index (χ3v) is 7.97. The zero-order chi connectivity index (χ0) is 22.9. The first-order valence-corrected chi connectivity index (χ1v) is 12.5. The Morgan fingerprint density at radius 3 is 2.09 bits per heavy atom. The molecule has 0 radical (unpaired) electrons. The van der Waals surface area contributed by atoms with E-state index in [0.717, 1.165) is 28.1 Å². The minimum absolute atomic E-state index is 0.665. The number of benzene rings is 5. The Bertz CT molecular complexity index is 1710. The standard InChI is InChI=1S/C31H18N2OS/c1-2-9-19(10-3-1)31-32-29-21-17-18-23(20-11-8-12-22(28(20)21)30(29)34-31)33-24-13-4-6-15-26(24)35-27-16-7-5-14-25(27)33/h1-18H. The molecule has 0 saturated heterocycles. The lowest BCUT2D eigenvalue weighted by atomic mass is 10.0. The van der Waals surface area contributed by atoms with Crippen molar-refractivity contribution in [2.75, 3.05) is 4.90 Å². The Morgan fingerprint density at radius 2 is 1.31 bits per heavy atom. The minimum Gasteiger partial charge on any atom is -0.435 e. The number of nitrogens with zero attached hydrogens (tertiary/aromatic N) is 2. The van der Waals surface area contributed by atoms with Crippen molar-refractivity contribution >= 4 is 39.6 Å². The van der Waals surface area contributed by atoms with E-state index < -0.39 is 0 Å². The highest BCUT2D eigenvalue weighted by atomic mass is 32.2. The lowest BCUT2D eigenvalue weighted by Crippen LogP contribution is -2.15. The first-order chi connectivity index (χ1) is 17.4. The number of anilines is 3. The molecule has 1 aliphatic carbocycles. The van der Waals surface area contributed by atoms with Crippen molar-refractivity contribution in [3.05, 3.63) is 109 Å². The fourth-order valence-electron chi connectivity index (χ4n) is 5.33. The van der Waals surface area contributed by atoms with Crippen molar-refractivity contribution < 1.29 is 4.42 Å². The maximum atomic E-state index is 6.35. The van der Waals surface area contributed by atoms with Crippen LogP contribution in [0.3, 0.4) is 0 Å². The first kappa shape index (κ1) is 19.1. The molecule has 0 fully saturated rings. The van der Waals surface area contributed by atoms with Gasteiger partial charge in [0.2, 0.25) is 5.89 Å². The Hall–Kier alpha value is -4.28. The molecule has 1 aliphatic heterocycles. The quantitative estimate of drug-likeness (QED) is 0.254. The summed E-state index contributed by atoms with van der Waals surface area (Å²) in [5, 5.41) is 2.41. The molecule has 1 aromatic heterocycles. The van der Waals surface area contributed by atoms with E-state index in [9.17, 15) is 0 Å². The largest absolute Gasteiger partial charge is 0.435 e. The molecule has 8 rings (SSSR count). The summed E-state index contributed by atoms with van der Waals surface area (Å²) in [5.41, 5.74) is 7.74. The SMILES string of the molecule is c1ccc(-c2nc3c(o2)-c2cccc4c(N5c6ccccc6Sc6ccccc65)ccc-3c24)cc1. The van der Waals surface area contributed by atoms with Crippen molar-refractivity contribution in [2.45, 2.75) is 9.79 Å². The van der Waals surface area contributed by atoms with Crippen molar-refractivity contribution in [3.8, 4) is 34.0 Å². The van der Waals surface area contributed by atoms with Gasteiger partial charge in [0.25, 0.3) is 0 Å². The Balaban J connectivity index is 1.36. The molecule has 164 valence electrons. The van der Waals surface area contributed by atoms with Crippen LogP contribution in [-0.4, -0.2) is 4.98 Å². The number of aromatic nitrogens is 1. The van der Waals surface area contributed by atoms with Crippen LogP contribution in [0.15, 0.2) is 123 Å². The van der Waals surface area contributed by atoms with Crippen LogP contribution in [0.5, 0.6) is 0 Å². The lowest BCUT2D eigenvalue weighted by Gasteiger charge is -2.33. The maximum Gasteiger partial charge on any atom is 0.227 e. The van der Waals surface area contributed by atoms with Crippen LogP contribution >= 0.6 is 11.8 Å². The molecule has 0 saturated carbocycles. The summed E-state index contributed by atoms with van der Waals surface area (Å²) in [4.78, 5) is 9.85. The average molecular weight is 467 g/mol. The smallest absolute Gasteiger partial charge is 0.227 e. The fraction of sp³-hybridized carbons (Fsp3) is 0. The molecule has 2 aliphatic rings. The van der Waals surface area contributed by atoms with Gasteiger partial charge in [-0.3, -0.25) is 0 Å². The Labute approximate surface area is 206 Å². The van der Waals surface area contributed by atoms with Crippen LogP contribution < -0.4 is 4.90 Å². The number of fused-ring (bicyclic) bond motifs is 5. The van der Waals surface area contributed by atoms with E-state index in [2.05, 4.69) is 83.8 Å². The van der Waals surface area contributed by atoms with E-state index in [0.29, 0.717) is 5.89 Å². The van der Waals surface area contributed by atoms with Crippen LogP contribution in [0.1, 0.15) is 0 Å². The summed E-state index contributed by atoms with van der Waals surface area (Å²) in [6, 6.07) is 38.3. The van der Waals surface area contributed by atoms with Gasteiger partial charge >= 0.3 is 0 Å². The summed E-state index contributed by atoms with van der Waals surface area (Å²) >= 11 is 1.83. The van der Waals surface area contributed by atoms with E-state index in [-0.39, 0.29) is 0 Å². The molecule has 0 amide bonds. The normalized spacial score (nSPS) is 13.0. The molecule has 0 spiro atoms. The Morgan fingerprint density at radius 1 is 0.600 bits per heavy atom. The molecule has 2 heterocycles. The third kappa shape index (κ3) is 2.66. The van der Waals surface area contributed by atoms with Crippen LogP contribution in [0.4, 0.5) is 17.1 Å². The van der Waals surface area contributed by atoms with E-state index in [1.807, 2.05) is 42.1 Å². The van der Waals surface area contributed by atoms with Gasteiger partial charge in [-0.1, -0.05) is 72.4 Å². The fourth-order valence-corrected chi connectivity index (χ4v) is 6.38. The number of hydrogen-bond acceptors (Lipinski definition) is 4. The predicted molar refractivity (Wildman–Crippen MR) is 143 cm³/mol. The van der Waals surface area contributed by atoms with Gasteiger partial charge in [-0.15, -0.1) is 0 Å². The average Bonchev–Trinajstić information content (AvgIpc) is 3.48. The van der Waals surface area contributed by atoms with Crippen molar-refractivity contribution in [1.29, 1.82) is 0 Å². The molecule has 0 N–H and O–H groups in total. The van der Waals surface area contributed by atoms with Crippen molar-refractivity contribution in [3.63, 3.8) is 0 Å². The highest BCUT2D eigenvalue weighted by molar-refractivity contribution is 7.99. The summed E-state index contributed by atoms with van der Waals surface area (Å²) in [5.74, 6) is 1.52. The zero-order valence-corrected chi connectivity index (χ0v) is 19.4. The van der Waals surface area contributed by atoms with Gasteiger partial charge in [0, 0.05) is 37.3 Å². The summed E-state index contributed by atoms with van der Waals surface area (Å²) < 4.78 is 6.35. The molecule has 4 heteroatoms. The summed E-state index contributed by atoms with van der Waals surface area (Å²) in [7, 11) is 0. The molecule has 0 bridgehead atoms. The van der Waals surface area contributed by atoms with E-state index in [1.165, 1.54) is 37.6 Å². The molecule has 5 aromatic carbocycles. The molecular formula is C31H18N2OS. The summed E-state index contributed by atoms with van der Waals surface area (Å²) in [6.45, 7) is 0. The van der Waals surface area contributed by atoms with Gasteiger partial charge in [0.05, 0.1) is 17.1 Å².